The summed E-state index contributed by atoms with van der Waals surface area (Å²) < 4.78 is 43.0. The molecule has 0 bridgehead atoms. The number of nitrogens with one attached hydrogen (secondary N) is 1. The molecule has 0 atom stereocenters. The highest BCUT2D eigenvalue weighted by atomic mass is 32.1. The summed E-state index contributed by atoms with van der Waals surface area (Å²) in [7, 11) is 0. The molecule has 0 saturated heterocycles. The fourth-order valence-electron chi connectivity index (χ4n) is 2.98. The first-order chi connectivity index (χ1) is 13.3. The van der Waals surface area contributed by atoms with Gasteiger partial charge in [-0.2, -0.15) is 17.5 Å². The quantitative estimate of drug-likeness (QED) is 0.611. The molecule has 1 amide bonds. The average Bonchev–Trinajstić information content (AvgIpc) is 3.40. The third-order valence-corrected chi connectivity index (χ3v) is 5.41. The Balaban J connectivity index is 1.64. The highest BCUT2D eigenvalue weighted by Crippen LogP contribution is 2.47. The van der Waals surface area contributed by atoms with Crippen molar-refractivity contribution in [3.8, 4) is 11.3 Å². The number of halogens is 3. The second-order valence-electron chi connectivity index (χ2n) is 6.80. The fourth-order valence-corrected chi connectivity index (χ4v) is 3.86. The Morgan fingerprint density at radius 1 is 1.18 bits per heavy atom. The standard InChI is InChI=1S/C20H16F3N3OS/c1-11-2-4-13(5-3-11)17-16(12-6-7-12)18(28-26-17)19(27)25-14-8-9-24-15(10-14)20(21,22)23/h2-5,8-10,12H,6-7H2,1H3,(H,24,25,27). The van der Waals surface area contributed by atoms with E-state index < -0.39 is 17.8 Å². The van der Waals surface area contributed by atoms with E-state index in [0.29, 0.717) is 4.88 Å². The Labute approximate surface area is 163 Å². The Bertz CT molecular complexity index is 1020. The van der Waals surface area contributed by atoms with Crippen LogP contribution in [0.1, 0.15) is 45.3 Å². The van der Waals surface area contributed by atoms with E-state index in [0.717, 1.165) is 59.0 Å². The molecule has 1 aromatic carbocycles. The van der Waals surface area contributed by atoms with Crippen molar-refractivity contribution in [2.24, 2.45) is 0 Å². The highest BCUT2D eigenvalue weighted by molar-refractivity contribution is 7.08. The third kappa shape index (κ3) is 3.77. The van der Waals surface area contributed by atoms with Crippen LogP contribution in [0.4, 0.5) is 18.9 Å². The molecule has 3 aromatic rings. The zero-order chi connectivity index (χ0) is 19.9. The van der Waals surface area contributed by atoms with E-state index in [9.17, 15) is 18.0 Å². The SMILES string of the molecule is Cc1ccc(-c2nsc(C(=O)Nc3ccnc(C(F)(F)F)c3)c2C2CC2)cc1. The van der Waals surface area contributed by atoms with Gasteiger partial charge in [0.05, 0.1) is 5.69 Å². The smallest absolute Gasteiger partial charge is 0.321 e. The second kappa shape index (κ2) is 7.01. The largest absolute Gasteiger partial charge is 0.433 e. The molecule has 2 heterocycles. The van der Waals surface area contributed by atoms with E-state index in [1.807, 2.05) is 31.2 Å². The normalized spacial score (nSPS) is 14.1. The molecule has 2 aromatic heterocycles. The van der Waals surface area contributed by atoms with E-state index in [2.05, 4.69) is 14.7 Å². The van der Waals surface area contributed by atoms with Gasteiger partial charge in [-0.3, -0.25) is 9.78 Å². The van der Waals surface area contributed by atoms with Crippen LogP contribution < -0.4 is 5.32 Å². The predicted molar refractivity (Wildman–Crippen MR) is 101 cm³/mol. The Kier molecular flexibility index (Phi) is 4.66. The number of hydrogen-bond acceptors (Lipinski definition) is 4. The number of rotatable bonds is 4. The lowest BCUT2D eigenvalue weighted by molar-refractivity contribution is -0.141. The monoisotopic (exact) mass is 403 g/mol. The minimum atomic E-state index is -4.57. The summed E-state index contributed by atoms with van der Waals surface area (Å²) in [6, 6.07) is 10.1. The van der Waals surface area contributed by atoms with Crippen LogP contribution in [0.2, 0.25) is 0 Å². The van der Waals surface area contributed by atoms with E-state index in [1.54, 1.807) is 0 Å². The van der Waals surface area contributed by atoms with Crippen LogP contribution in [0, 0.1) is 6.92 Å². The van der Waals surface area contributed by atoms with Gasteiger partial charge in [0.25, 0.3) is 5.91 Å². The van der Waals surface area contributed by atoms with Crippen molar-refractivity contribution in [2.75, 3.05) is 5.32 Å². The molecule has 28 heavy (non-hydrogen) atoms. The van der Waals surface area contributed by atoms with Gasteiger partial charge in [-0.15, -0.1) is 0 Å². The van der Waals surface area contributed by atoms with Gasteiger partial charge in [0, 0.05) is 23.0 Å². The maximum absolute atomic E-state index is 12.8. The minimum Gasteiger partial charge on any atom is -0.321 e. The molecule has 4 nitrogen and oxygen atoms in total. The summed E-state index contributed by atoms with van der Waals surface area (Å²) in [6.07, 6.45) is -1.58. The van der Waals surface area contributed by atoms with Crippen molar-refractivity contribution in [1.29, 1.82) is 0 Å². The summed E-state index contributed by atoms with van der Waals surface area (Å²) in [6.45, 7) is 2.00. The van der Waals surface area contributed by atoms with Crippen molar-refractivity contribution in [3.63, 3.8) is 0 Å². The van der Waals surface area contributed by atoms with Crippen LogP contribution in [0.15, 0.2) is 42.6 Å². The van der Waals surface area contributed by atoms with Gasteiger partial charge in [0.1, 0.15) is 10.6 Å². The third-order valence-electron chi connectivity index (χ3n) is 4.55. The molecule has 1 N–H and O–H groups in total. The van der Waals surface area contributed by atoms with E-state index in [1.165, 1.54) is 6.07 Å². The number of anilines is 1. The van der Waals surface area contributed by atoms with Crippen LogP contribution in [-0.4, -0.2) is 15.3 Å². The number of pyridine rings is 1. The minimum absolute atomic E-state index is 0.0550. The Morgan fingerprint density at radius 3 is 2.54 bits per heavy atom. The van der Waals surface area contributed by atoms with Crippen LogP contribution in [0.25, 0.3) is 11.3 Å². The molecule has 0 radical (unpaired) electrons. The molecule has 1 fully saturated rings. The van der Waals surface area contributed by atoms with E-state index in [4.69, 9.17) is 0 Å². The number of benzene rings is 1. The van der Waals surface area contributed by atoms with Crippen LogP contribution in [0.3, 0.4) is 0 Å². The maximum atomic E-state index is 12.8. The number of carbonyl (C=O) groups excluding carboxylic acids is 1. The Hall–Kier alpha value is -2.74. The molecule has 144 valence electrons. The van der Waals surface area contributed by atoms with Gasteiger partial charge in [0.2, 0.25) is 0 Å². The lowest BCUT2D eigenvalue weighted by Gasteiger charge is -2.09. The fraction of sp³-hybridized carbons (Fsp3) is 0.250. The van der Waals surface area contributed by atoms with Crippen molar-refractivity contribution < 1.29 is 18.0 Å². The van der Waals surface area contributed by atoms with E-state index >= 15 is 0 Å². The summed E-state index contributed by atoms with van der Waals surface area (Å²) >= 11 is 1.08. The van der Waals surface area contributed by atoms with Crippen molar-refractivity contribution >= 4 is 23.1 Å². The topological polar surface area (TPSA) is 54.9 Å². The molecular formula is C20H16F3N3OS. The Morgan fingerprint density at radius 2 is 1.89 bits per heavy atom. The average molecular weight is 403 g/mol. The lowest BCUT2D eigenvalue weighted by Crippen LogP contribution is -2.14. The zero-order valence-electron chi connectivity index (χ0n) is 14.9. The number of hydrogen-bond donors (Lipinski definition) is 1. The van der Waals surface area contributed by atoms with Crippen molar-refractivity contribution in [2.45, 2.75) is 31.9 Å². The molecule has 1 aliphatic carbocycles. The summed E-state index contributed by atoms with van der Waals surface area (Å²) in [5, 5.41) is 2.56. The van der Waals surface area contributed by atoms with Gasteiger partial charge in [-0.25, -0.2) is 0 Å². The number of aryl methyl sites for hydroxylation is 1. The van der Waals surface area contributed by atoms with Crippen LogP contribution in [0.5, 0.6) is 0 Å². The molecule has 8 heteroatoms. The second-order valence-corrected chi connectivity index (χ2v) is 7.57. The summed E-state index contributed by atoms with van der Waals surface area (Å²) in [5.74, 6) is -0.184. The van der Waals surface area contributed by atoms with Gasteiger partial charge in [-0.1, -0.05) is 29.8 Å². The number of amides is 1. The zero-order valence-corrected chi connectivity index (χ0v) is 15.7. The predicted octanol–water partition coefficient (Wildman–Crippen LogP) is 5.66. The lowest BCUT2D eigenvalue weighted by atomic mass is 10.0. The number of alkyl halides is 3. The van der Waals surface area contributed by atoms with Gasteiger partial charge in [-0.05, 0) is 49.3 Å². The first kappa shape index (κ1) is 18.6. The molecule has 1 saturated carbocycles. The molecule has 0 aliphatic heterocycles. The van der Waals surface area contributed by atoms with Crippen LogP contribution >= 0.6 is 11.5 Å². The van der Waals surface area contributed by atoms with E-state index in [-0.39, 0.29) is 11.6 Å². The van der Waals surface area contributed by atoms with Crippen LogP contribution in [-0.2, 0) is 6.18 Å². The molecule has 0 spiro atoms. The first-order valence-corrected chi connectivity index (χ1v) is 9.51. The van der Waals surface area contributed by atoms with Crippen molar-refractivity contribution in [1.82, 2.24) is 9.36 Å². The highest BCUT2D eigenvalue weighted by Gasteiger charge is 2.35. The molecular weight excluding hydrogens is 387 g/mol. The van der Waals surface area contributed by atoms with Crippen molar-refractivity contribution in [3.05, 3.63) is 64.3 Å². The van der Waals surface area contributed by atoms with Gasteiger partial charge < -0.3 is 5.32 Å². The molecule has 1 aliphatic rings. The number of nitrogens with zero attached hydrogens (tertiary/aromatic N) is 2. The van der Waals surface area contributed by atoms with Gasteiger partial charge >= 0.3 is 6.18 Å². The number of aromatic nitrogens is 2. The maximum Gasteiger partial charge on any atom is 0.433 e. The first-order valence-electron chi connectivity index (χ1n) is 8.74. The molecule has 0 unspecified atom stereocenters. The molecule has 4 rings (SSSR count). The van der Waals surface area contributed by atoms with Gasteiger partial charge in [0.15, 0.2) is 0 Å². The number of carbonyl (C=O) groups is 1. The summed E-state index contributed by atoms with van der Waals surface area (Å²) in [5.41, 5.74) is 2.74. The summed E-state index contributed by atoms with van der Waals surface area (Å²) in [4.78, 5) is 16.5.